The van der Waals surface area contributed by atoms with Crippen molar-refractivity contribution in [1.29, 1.82) is 0 Å². The molecule has 3 amide bonds. The van der Waals surface area contributed by atoms with Crippen LogP contribution in [0.15, 0.2) is 60.7 Å². The zero-order valence-corrected chi connectivity index (χ0v) is 16.3. The average molecular weight is 411 g/mol. The summed E-state index contributed by atoms with van der Waals surface area (Å²) in [7, 11) is 0. The van der Waals surface area contributed by atoms with Crippen molar-refractivity contribution in [2.24, 2.45) is 0 Å². The summed E-state index contributed by atoms with van der Waals surface area (Å²) in [6.07, 6.45) is 0.0753. The number of carbonyl (C=O) groups excluding carboxylic acids is 3. The van der Waals surface area contributed by atoms with Gasteiger partial charge in [-0.05, 0) is 47.5 Å². The van der Waals surface area contributed by atoms with E-state index in [9.17, 15) is 18.8 Å². The number of rotatable bonds is 5. The SMILES string of the molecule is CC(=O)Nc1ccc(CC(=O)NNC(=O)c2ccc(-c3ccc(F)cc3)s2)cc1. The Morgan fingerprint density at radius 3 is 2.24 bits per heavy atom. The van der Waals surface area contributed by atoms with Gasteiger partial charge in [-0.2, -0.15) is 0 Å². The topological polar surface area (TPSA) is 87.3 Å². The van der Waals surface area contributed by atoms with E-state index in [1.54, 1.807) is 48.5 Å². The normalized spacial score (nSPS) is 10.3. The van der Waals surface area contributed by atoms with Crippen molar-refractivity contribution in [3.05, 3.63) is 76.9 Å². The number of benzene rings is 2. The fourth-order valence-corrected chi connectivity index (χ4v) is 3.46. The van der Waals surface area contributed by atoms with Gasteiger partial charge in [0, 0.05) is 17.5 Å². The molecule has 0 radical (unpaired) electrons. The summed E-state index contributed by atoms with van der Waals surface area (Å²) in [5.41, 5.74) is 6.95. The summed E-state index contributed by atoms with van der Waals surface area (Å²) < 4.78 is 13.0. The molecule has 0 bridgehead atoms. The molecule has 0 aliphatic heterocycles. The van der Waals surface area contributed by atoms with Crippen molar-refractivity contribution in [2.75, 3.05) is 5.32 Å². The number of thiophene rings is 1. The molecule has 0 saturated heterocycles. The van der Waals surface area contributed by atoms with Crippen LogP contribution in [0.4, 0.5) is 10.1 Å². The summed E-state index contributed by atoms with van der Waals surface area (Å²) in [5.74, 6) is -1.30. The van der Waals surface area contributed by atoms with Gasteiger partial charge in [-0.1, -0.05) is 24.3 Å². The fourth-order valence-electron chi connectivity index (χ4n) is 2.56. The van der Waals surface area contributed by atoms with E-state index in [1.807, 2.05) is 0 Å². The molecule has 3 N–H and O–H groups in total. The Labute approximate surface area is 170 Å². The van der Waals surface area contributed by atoms with E-state index in [-0.39, 0.29) is 24.1 Å². The molecule has 2 aromatic carbocycles. The van der Waals surface area contributed by atoms with E-state index in [2.05, 4.69) is 16.2 Å². The molecule has 0 atom stereocenters. The molecule has 29 heavy (non-hydrogen) atoms. The van der Waals surface area contributed by atoms with Crippen molar-refractivity contribution >= 4 is 34.7 Å². The standard InChI is InChI=1S/C21H18FN3O3S/c1-13(26)23-17-8-2-14(3-9-17)12-20(27)24-25-21(28)19-11-10-18(29-19)15-4-6-16(22)7-5-15/h2-11H,12H2,1H3,(H,23,26)(H,24,27)(H,25,28). The lowest BCUT2D eigenvalue weighted by Gasteiger charge is -2.07. The zero-order chi connectivity index (χ0) is 20.8. The van der Waals surface area contributed by atoms with E-state index in [0.717, 1.165) is 16.0 Å². The van der Waals surface area contributed by atoms with Crippen LogP contribution in [0.25, 0.3) is 10.4 Å². The van der Waals surface area contributed by atoms with Gasteiger partial charge in [-0.3, -0.25) is 25.2 Å². The Balaban J connectivity index is 1.52. The van der Waals surface area contributed by atoms with E-state index in [0.29, 0.717) is 10.6 Å². The summed E-state index contributed by atoms with van der Waals surface area (Å²) in [6.45, 7) is 1.42. The number of hydrogen-bond donors (Lipinski definition) is 3. The fraction of sp³-hybridized carbons (Fsp3) is 0.0952. The molecule has 0 aliphatic rings. The largest absolute Gasteiger partial charge is 0.326 e. The third kappa shape index (κ3) is 5.73. The third-order valence-corrected chi connectivity index (χ3v) is 5.05. The molecule has 1 aromatic heterocycles. The average Bonchev–Trinajstić information content (AvgIpc) is 3.18. The highest BCUT2D eigenvalue weighted by atomic mass is 32.1. The third-order valence-electron chi connectivity index (χ3n) is 3.91. The van der Waals surface area contributed by atoms with Crippen LogP contribution in [0, 0.1) is 5.82 Å². The predicted octanol–water partition coefficient (Wildman–Crippen LogP) is 3.52. The first-order valence-corrected chi connectivity index (χ1v) is 9.54. The number of halogens is 1. The number of nitrogens with one attached hydrogen (secondary N) is 3. The van der Waals surface area contributed by atoms with Crippen molar-refractivity contribution < 1.29 is 18.8 Å². The number of amides is 3. The highest BCUT2D eigenvalue weighted by Crippen LogP contribution is 2.28. The Kier molecular flexibility index (Phi) is 6.36. The van der Waals surface area contributed by atoms with Crippen molar-refractivity contribution in [3.8, 4) is 10.4 Å². The van der Waals surface area contributed by atoms with Gasteiger partial charge in [0.1, 0.15) is 5.82 Å². The van der Waals surface area contributed by atoms with Gasteiger partial charge in [0.05, 0.1) is 11.3 Å². The Hall–Kier alpha value is -3.52. The second-order valence-corrected chi connectivity index (χ2v) is 7.31. The van der Waals surface area contributed by atoms with Crippen LogP contribution >= 0.6 is 11.3 Å². The van der Waals surface area contributed by atoms with Crippen molar-refractivity contribution in [3.63, 3.8) is 0 Å². The molecule has 3 rings (SSSR count). The lowest BCUT2D eigenvalue weighted by atomic mass is 10.1. The number of hydrazine groups is 1. The van der Waals surface area contributed by atoms with Crippen LogP contribution in [0.5, 0.6) is 0 Å². The van der Waals surface area contributed by atoms with E-state index >= 15 is 0 Å². The second kappa shape index (κ2) is 9.11. The van der Waals surface area contributed by atoms with Gasteiger partial charge < -0.3 is 5.32 Å². The van der Waals surface area contributed by atoms with Crippen LogP contribution in [0.3, 0.4) is 0 Å². The number of anilines is 1. The molecule has 0 aliphatic carbocycles. The summed E-state index contributed by atoms with van der Waals surface area (Å²) in [5, 5.41) is 2.65. The minimum atomic E-state index is -0.433. The quantitative estimate of drug-likeness (QED) is 0.562. The van der Waals surface area contributed by atoms with Crippen LogP contribution in [0.2, 0.25) is 0 Å². The highest BCUT2D eigenvalue weighted by molar-refractivity contribution is 7.17. The molecule has 0 spiro atoms. The number of carbonyl (C=O) groups is 3. The van der Waals surface area contributed by atoms with E-state index in [4.69, 9.17) is 0 Å². The first-order valence-electron chi connectivity index (χ1n) is 8.72. The lowest BCUT2D eigenvalue weighted by molar-refractivity contribution is -0.121. The molecular formula is C21H18FN3O3S. The summed E-state index contributed by atoms with van der Waals surface area (Å²) >= 11 is 1.24. The second-order valence-electron chi connectivity index (χ2n) is 6.23. The maximum Gasteiger partial charge on any atom is 0.279 e. The maximum atomic E-state index is 13.0. The van der Waals surface area contributed by atoms with Crippen LogP contribution < -0.4 is 16.2 Å². The van der Waals surface area contributed by atoms with Crippen molar-refractivity contribution in [2.45, 2.75) is 13.3 Å². The first kappa shape index (κ1) is 20.2. The van der Waals surface area contributed by atoms with Gasteiger partial charge in [-0.15, -0.1) is 11.3 Å². The van der Waals surface area contributed by atoms with Crippen LogP contribution in [0.1, 0.15) is 22.2 Å². The summed E-state index contributed by atoms with van der Waals surface area (Å²) in [4.78, 5) is 36.5. The summed E-state index contributed by atoms with van der Waals surface area (Å²) in [6, 6.07) is 16.3. The Morgan fingerprint density at radius 1 is 0.897 bits per heavy atom. The maximum absolute atomic E-state index is 13.0. The molecule has 8 heteroatoms. The lowest BCUT2D eigenvalue weighted by Crippen LogP contribution is -2.42. The molecule has 0 saturated carbocycles. The van der Waals surface area contributed by atoms with Gasteiger partial charge in [-0.25, -0.2) is 4.39 Å². The minimum Gasteiger partial charge on any atom is -0.326 e. The molecule has 1 heterocycles. The van der Waals surface area contributed by atoms with E-state index in [1.165, 1.54) is 30.4 Å². The highest BCUT2D eigenvalue weighted by Gasteiger charge is 2.12. The molecule has 0 unspecified atom stereocenters. The van der Waals surface area contributed by atoms with E-state index < -0.39 is 5.91 Å². The van der Waals surface area contributed by atoms with Gasteiger partial charge >= 0.3 is 0 Å². The molecule has 3 aromatic rings. The molecule has 6 nitrogen and oxygen atoms in total. The smallest absolute Gasteiger partial charge is 0.279 e. The number of hydrogen-bond acceptors (Lipinski definition) is 4. The zero-order valence-electron chi connectivity index (χ0n) is 15.5. The Bertz CT molecular complexity index is 1030. The van der Waals surface area contributed by atoms with Crippen molar-refractivity contribution in [1.82, 2.24) is 10.9 Å². The molecule has 148 valence electrons. The van der Waals surface area contributed by atoms with Crippen LogP contribution in [-0.2, 0) is 16.0 Å². The van der Waals surface area contributed by atoms with Gasteiger partial charge in [0.15, 0.2) is 0 Å². The molecule has 0 fully saturated rings. The first-order chi connectivity index (χ1) is 13.9. The van der Waals surface area contributed by atoms with Gasteiger partial charge in [0.2, 0.25) is 11.8 Å². The molecular weight excluding hydrogens is 393 g/mol. The van der Waals surface area contributed by atoms with Crippen LogP contribution in [-0.4, -0.2) is 17.7 Å². The Morgan fingerprint density at radius 2 is 1.59 bits per heavy atom. The minimum absolute atomic E-state index is 0.0753. The van der Waals surface area contributed by atoms with Gasteiger partial charge in [0.25, 0.3) is 5.91 Å². The predicted molar refractivity (Wildman–Crippen MR) is 110 cm³/mol. The monoisotopic (exact) mass is 411 g/mol.